The summed E-state index contributed by atoms with van der Waals surface area (Å²) < 4.78 is 1.53. The van der Waals surface area contributed by atoms with Crippen LogP contribution in [0.25, 0.3) is 5.69 Å². The van der Waals surface area contributed by atoms with Gasteiger partial charge in [-0.15, -0.1) is 0 Å². The lowest BCUT2D eigenvalue weighted by Crippen LogP contribution is -2.06. The van der Waals surface area contributed by atoms with Crippen LogP contribution in [0, 0.1) is 6.92 Å². The zero-order valence-electron chi connectivity index (χ0n) is 8.71. The molecule has 0 aliphatic rings. The molecule has 0 saturated carbocycles. The molecule has 3 N–H and O–H groups in total. The van der Waals surface area contributed by atoms with E-state index < -0.39 is 5.97 Å². The van der Waals surface area contributed by atoms with Crippen LogP contribution in [0.15, 0.2) is 30.5 Å². The number of hydrogen-bond donors (Lipinski definition) is 2. The van der Waals surface area contributed by atoms with Gasteiger partial charge in [0.2, 0.25) is 0 Å². The highest BCUT2D eigenvalue weighted by atomic mass is 16.4. The second kappa shape index (κ2) is 3.69. The maximum Gasteiger partial charge on any atom is 0.337 e. The van der Waals surface area contributed by atoms with Gasteiger partial charge in [-0.25, -0.2) is 9.48 Å². The molecule has 0 bridgehead atoms. The first kappa shape index (κ1) is 10.2. The number of aryl methyl sites for hydroxylation is 1. The maximum atomic E-state index is 11.1. The van der Waals surface area contributed by atoms with Crippen LogP contribution in [-0.4, -0.2) is 20.9 Å². The van der Waals surface area contributed by atoms with Crippen molar-refractivity contribution >= 4 is 11.7 Å². The molecular formula is C11H11N3O2. The van der Waals surface area contributed by atoms with Crippen LogP contribution in [0.3, 0.4) is 0 Å². The van der Waals surface area contributed by atoms with Gasteiger partial charge in [-0.3, -0.25) is 0 Å². The molecule has 5 nitrogen and oxygen atoms in total. The number of carboxylic acid groups (broad SMARTS) is 1. The molecule has 0 fully saturated rings. The maximum absolute atomic E-state index is 11.1. The molecule has 1 aromatic heterocycles. The number of nitrogens with zero attached hydrogens (tertiary/aromatic N) is 2. The van der Waals surface area contributed by atoms with Gasteiger partial charge in [0.25, 0.3) is 0 Å². The molecule has 16 heavy (non-hydrogen) atoms. The Balaban J connectivity index is 2.60. The second-order valence-electron chi connectivity index (χ2n) is 3.48. The molecule has 5 heteroatoms. The highest BCUT2D eigenvalue weighted by Crippen LogP contribution is 2.17. The summed E-state index contributed by atoms with van der Waals surface area (Å²) in [6.07, 6.45) is 1.72. The molecule has 0 unspecified atom stereocenters. The van der Waals surface area contributed by atoms with Crippen molar-refractivity contribution in [2.75, 3.05) is 5.73 Å². The van der Waals surface area contributed by atoms with E-state index in [0.717, 1.165) is 5.69 Å². The average molecular weight is 217 g/mol. The first-order valence-corrected chi connectivity index (χ1v) is 4.73. The normalized spacial score (nSPS) is 10.3. The topological polar surface area (TPSA) is 81.1 Å². The van der Waals surface area contributed by atoms with Crippen LogP contribution in [0.5, 0.6) is 0 Å². The van der Waals surface area contributed by atoms with Gasteiger partial charge in [0.05, 0.1) is 16.9 Å². The third-order valence-electron chi connectivity index (χ3n) is 2.22. The van der Waals surface area contributed by atoms with Crippen molar-refractivity contribution in [3.05, 3.63) is 41.7 Å². The average Bonchev–Trinajstić information content (AvgIpc) is 2.64. The highest BCUT2D eigenvalue weighted by Gasteiger charge is 2.12. The van der Waals surface area contributed by atoms with Crippen molar-refractivity contribution in [2.24, 2.45) is 0 Å². The third kappa shape index (κ3) is 1.75. The van der Waals surface area contributed by atoms with E-state index in [4.69, 9.17) is 10.8 Å². The fourth-order valence-corrected chi connectivity index (χ4v) is 1.47. The van der Waals surface area contributed by atoms with E-state index in [1.165, 1.54) is 10.7 Å². The summed E-state index contributed by atoms with van der Waals surface area (Å²) in [5.41, 5.74) is 7.45. The van der Waals surface area contributed by atoms with Gasteiger partial charge in [-0.05, 0) is 31.2 Å². The highest BCUT2D eigenvalue weighted by molar-refractivity contribution is 5.93. The molecule has 0 radical (unpaired) electrons. The Labute approximate surface area is 92.1 Å². The molecule has 0 aliphatic heterocycles. The Morgan fingerprint density at radius 3 is 2.75 bits per heavy atom. The fourth-order valence-electron chi connectivity index (χ4n) is 1.47. The number of aromatic nitrogens is 2. The Morgan fingerprint density at radius 2 is 2.19 bits per heavy atom. The van der Waals surface area contributed by atoms with Crippen molar-refractivity contribution < 1.29 is 9.90 Å². The third-order valence-corrected chi connectivity index (χ3v) is 2.22. The molecule has 82 valence electrons. The van der Waals surface area contributed by atoms with E-state index in [-0.39, 0.29) is 5.56 Å². The minimum absolute atomic E-state index is 0.142. The molecule has 1 heterocycles. The van der Waals surface area contributed by atoms with Crippen molar-refractivity contribution in [1.82, 2.24) is 9.78 Å². The van der Waals surface area contributed by atoms with Crippen molar-refractivity contribution in [3.63, 3.8) is 0 Å². The number of nitrogen functional groups attached to an aromatic ring is 1. The smallest absolute Gasteiger partial charge is 0.337 e. The Hall–Kier alpha value is -2.30. The lowest BCUT2D eigenvalue weighted by Gasteiger charge is -2.06. The number of nitrogens with two attached hydrogens (primary N) is 1. The van der Waals surface area contributed by atoms with E-state index in [9.17, 15) is 4.79 Å². The van der Waals surface area contributed by atoms with Crippen molar-refractivity contribution in [2.45, 2.75) is 6.92 Å². The first-order valence-electron chi connectivity index (χ1n) is 4.73. The Bertz CT molecular complexity index is 546. The van der Waals surface area contributed by atoms with Crippen LogP contribution in [0.4, 0.5) is 5.69 Å². The van der Waals surface area contributed by atoms with Gasteiger partial charge in [0.1, 0.15) is 0 Å². The summed E-state index contributed by atoms with van der Waals surface area (Å²) in [7, 11) is 0. The van der Waals surface area contributed by atoms with E-state index in [1.54, 1.807) is 18.3 Å². The SMILES string of the molecule is Cc1ccn(-c2ccc(N)cc2C(=O)O)n1. The largest absolute Gasteiger partial charge is 0.478 e. The lowest BCUT2D eigenvalue weighted by atomic mass is 10.1. The number of aromatic carboxylic acids is 1. The lowest BCUT2D eigenvalue weighted by molar-refractivity contribution is 0.0697. The number of carbonyl (C=O) groups is 1. The number of anilines is 1. The van der Waals surface area contributed by atoms with Gasteiger partial charge in [-0.1, -0.05) is 0 Å². The number of rotatable bonds is 2. The van der Waals surface area contributed by atoms with Crippen molar-refractivity contribution in [3.8, 4) is 5.69 Å². The quantitative estimate of drug-likeness (QED) is 0.746. The summed E-state index contributed by atoms with van der Waals surface area (Å²) in [6.45, 7) is 1.84. The monoisotopic (exact) mass is 217 g/mol. The summed E-state index contributed by atoms with van der Waals surface area (Å²) >= 11 is 0. The van der Waals surface area contributed by atoms with Gasteiger partial charge in [0, 0.05) is 11.9 Å². The summed E-state index contributed by atoms with van der Waals surface area (Å²) in [4.78, 5) is 11.1. The molecule has 0 spiro atoms. The summed E-state index contributed by atoms with van der Waals surface area (Å²) in [6, 6.07) is 6.53. The Kier molecular flexibility index (Phi) is 2.36. The predicted octanol–water partition coefficient (Wildman–Crippen LogP) is 1.46. The van der Waals surface area contributed by atoms with Gasteiger partial charge in [0.15, 0.2) is 0 Å². The van der Waals surface area contributed by atoms with Crippen LogP contribution < -0.4 is 5.73 Å². The van der Waals surface area contributed by atoms with Gasteiger partial charge >= 0.3 is 5.97 Å². The standard InChI is InChI=1S/C11H11N3O2/c1-7-4-5-14(13-7)10-3-2-8(12)6-9(10)11(15)16/h2-6H,12H2,1H3,(H,15,16). The van der Waals surface area contributed by atoms with E-state index in [0.29, 0.717) is 11.4 Å². The van der Waals surface area contributed by atoms with Crippen LogP contribution in [0.2, 0.25) is 0 Å². The number of benzene rings is 1. The molecule has 0 aliphatic carbocycles. The number of carboxylic acids is 1. The number of hydrogen-bond acceptors (Lipinski definition) is 3. The van der Waals surface area contributed by atoms with E-state index >= 15 is 0 Å². The van der Waals surface area contributed by atoms with Crippen LogP contribution >= 0.6 is 0 Å². The molecular weight excluding hydrogens is 206 g/mol. The Morgan fingerprint density at radius 1 is 1.44 bits per heavy atom. The van der Waals surface area contributed by atoms with Gasteiger partial charge in [-0.2, -0.15) is 5.10 Å². The van der Waals surface area contributed by atoms with E-state index in [1.807, 2.05) is 13.0 Å². The molecule has 0 atom stereocenters. The minimum atomic E-state index is -1.02. The van der Waals surface area contributed by atoms with Crippen LogP contribution in [-0.2, 0) is 0 Å². The second-order valence-corrected chi connectivity index (χ2v) is 3.48. The zero-order valence-corrected chi connectivity index (χ0v) is 8.71. The van der Waals surface area contributed by atoms with Crippen LogP contribution in [0.1, 0.15) is 16.1 Å². The molecule has 0 saturated heterocycles. The molecule has 2 aromatic rings. The molecule has 0 amide bonds. The first-order chi connectivity index (χ1) is 7.58. The summed E-state index contributed by atoms with van der Waals surface area (Å²) in [5, 5.41) is 13.2. The van der Waals surface area contributed by atoms with Crippen molar-refractivity contribution in [1.29, 1.82) is 0 Å². The minimum Gasteiger partial charge on any atom is -0.478 e. The fraction of sp³-hybridized carbons (Fsp3) is 0.0909. The molecule has 2 rings (SSSR count). The predicted molar refractivity (Wildman–Crippen MR) is 59.7 cm³/mol. The zero-order chi connectivity index (χ0) is 11.7. The van der Waals surface area contributed by atoms with E-state index in [2.05, 4.69) is 5.10 Å². The molecule has 1 aromatic carbocycles. The summed E-state index contributed by atoms with van der Waals surface area (Å²) in [5.74, 6) is -1.02. The van der Waals surface area contributed by atoms with Gasteiger partial charge < -0.3 is 10.8 Å².